The maximum absolute atomic E-state index is 12.3. The number of para-hydroxylation sites is 1. The number of amides is 2. The predicted octanol–water partition coefficient (Wildman–Crippen LogP) is 3.28. The van der Waals surface area contributed by atoms with Crippen LogP contribution in [0.3, 0.4) is 0 Å². The van der Waals surface area contributed by atoms with Gasteiger partial charge >= 0.3 is 6.03 Å². The molecular weight excluding hydrogens is 322 g/mol. The highest BCUT2D eigenvalue weighted by atomic mass is 79.9. The van der Waals surface area contributed by atoms with Gasteiger partial charge in [-0.1, -0.05) is 18.2 Å². The average Bonchev–Trinajstić information content (AvgIpc) is 2.47. The summed E-state index contributed by atoms with van der Waals surface area (Å²) in [4.78, 5) is 18.2. The molecule has 0 unspecified atom stereocenters. The standard InChI is InChI=1S/C14H12BrN3O2/c15-10-8-12-13(16-9-10)18(6-7-20-12)14(19)17-11-4-2-1-3-5-11/h1-5,8-9H,6-7H2,(H,17,19). The minimum Gasteiger partial charge on any atom is -0.488 e. The highest BCUT2D eigenvalue weighted by Crippen LogP contribution is 2.31. The number of pyridine rings is 1. The van der Waals surface area contributed by atoms with Crippen molar-refractivity contribution in [1.82, 2.24) is 4.98 Å². The molecule has 1 aliphatic heterocycles. The second kappa shape index (κ2) is 5.50. The Hall–Kier alpha value is -2.08. The Bertz CT molecular complexity index is 634. The first-order valence-corrected chi connectivity index (χ1v) is 6.95. The van der Waals surface area contributed by atoms with Crippen molar-refractivity contribution in [2.24, 2.45) is 0 Å². The van der Waals surface area contributed by atoms with Crippen molar-refractivity contribution in [2.75, 3.05) is 23.4 Å². The SMILES string of the molecule is O=C(Nc1ccccc1)N1CCOc2cc(Br)cnc21. The number of carbonyl (C=O) groups excluding carboxylic acids is 1. The molecule has 1 aromatic heterocycles. The van der Waals surface area contributed by atoms with E-state index in [-0.39, 0.29) is 6.03 Å². The number of aromatic nitrogens is 1. The third-order valence-corrected chi connectivity index (χ3v) is 3.33. The van der Waals surface area contributed by atoms with E-state index in [1.165, 1.54) is 0 Å². The van der Waals surface area contributed by atoms with Gasteiger partial charge < -0.3 is 10.1 Å². The minimum atomic E-state index is -0.212. The van der Waals surface area contributed by atoms with E-state index in [0.717, 1.165) is 10.2 Å². The molecule has 0 fully saturated rings. The normalized spacial score (nSPS) is 13.3. The first-order chi connectivity index (χ1) is 9.74. The first kappa shape index (κ1) is 12.9. The predicted molar refractivity (Wildman–Crippen MR) is 80.2 cm³/mol. The zero-order chi connectivity index (χ0) is 13.9. The van der Waals surface area contributed by atoms with E-state index in [0.29, 0.717) is 24.7 Å². The van der Waals surface area contributed by atoms with Crippen molar-refractivity contribution in [1.29, 1.82) is 0 Å². The summed E-state index contributed by atoms with van der Waals surface area (Å²) >= 11 is 3.34. The number of hydrogen-bond acceptors (Lipinski definition) is 3. The van der Waals surface area contributed by atoms with Crippen molar-refractivity contribution in [3.8, 4) is 5.75 Å². The van der Waals surface area contributed by atoms with Crippen molar-refractivity contribution >= 4 is 33.5 Å². The largest absolute Gasteiger partial charge is 0.488 e. The van der Waals surface area contributed by atoms with E-state index >= 15 is 0 Å². The zero-order valence-electron chi connectivity index (χ0n) is 10.5. The summed E-state index contributed by atoms with van der Waals surface area (Å²) in [6, 6.07) is 10.9. The molecule has 1 aromatic carbocycles. The van der Waals surface area contributed by atoms with Gasteiger partial charge in [-0.05, 0) is 34.1 Å². The number of benzene rings is 1. The number of rotatable bonds is 1. The molecule has 0 bridgehead atoms. The van der Waals surface area contributed by atoms with Crippen molar-refractivity contribution in [3.05, 3.63) is 47.1 Å². The van der Waals surface area contributed by atoms with Gasteiger partial charge in [0.2, 0.25) is 0 Å². The molecule has 2 heterocycles. The first-order valence-electron chi connectivity index (χ1n) is 6.16. The van der Waals surface area contributed by atoms with Crippen molar-refractivity contribution in [3.63, 3.8) is 0 Å². The number of carbonyl (C=O) groups is 1. The number of ether oxygens (including phenoxy) is 1. The molecule has 3 rings (SSSR count). The monoisotopic (exact) mass is 333 g/mol. The number of hydrogen-bond donors (Lipinski definition) is 1. The number of nitrogens with zero attached hydrogens (tertiary/aromatic N) is 2. The molecule has 0 saturated carbocycles. The lowest BCUT2D eigenvalue weighted by Gasteiger charge is -2.28. The van der Waals surface area contributed by atoms with Crippen molar-refractivity contribution < 1.29 is 9.53 Å². The van der Waals surface area contributed by atoms with E-state index in [1.807, 2.05) is 36.4 Å². The molecule has 1 N–H and O–H groups in total. The van der Waals surface area contributed by atoms with Crippen LogP contribution < -0.4 is 15.0 Å². The van der Waals surface area contributed by atoms with E-state index in [2.05, 4.69) is 26.2 Å². The summed E-state index contributed by atoms with van der Waals surface area (Å²) in [5.41, 5.74) is 0.752. The number of anilines is 2. The third-order valence-electron chi connectivity index (χ3n) is 2.90. The molecule has 0 radical (unpaired) electrons. The Labute approximate surface area is 124 Å². The summed E-state index contributed by atoms with van der Waals surface area (Å²) in [5.74, 6) is 1.14. The molecule has 102 valence electrons. The quantitative estimate of drug-likeness (QED) is 0.871. The number of nitrogens with one attached hydrogen (secondary N) is 1. The van der Waals surface area contributed by atoms with Crippen molar-refractivity contribution in [2.45, 2.75) is 0 Å². The lowest BCUT2D eigenvalue weighted by Crippen LogP contribution is -2.41. The second-order valence-electron chi connectivity index (χ2n) is 4.27. The fourth-order valence-corrected chi connectivity index (χ4v) is 2.30. The van der Waals surface area contributed by atoms with Gasteiger partial charge in [0.25, 0.3) is 0 Å². The maximum Gasteiger partial charge on any atom is 0.327 e. The molecule has 20 heavy (non-hydrogen) atoms. The summed E-state index contributed by atoms with van der Waals surface area (Å²) in [6.07, 6.45) is 1.65. The fourth-order valence-electron chi connectivity index (χ4n) is 1.99. The Kier molecular flexibility index (Phi) is 3.56. The Balaban J connectivity index is 1.83. The molecule has 0 saturated heterocycles. The van der Waals surface area contributed by atoms with Gasteiger partial charge in [-0.3, -0.25) is 4.90 Å². The Morgan fingerprint density at radius 3 is 2.95 bits per heavy atom. The molecule has 2 amide bonds. The Morgan fingerprint density at radius 1 is 1.35 bits per heavy atom. The topological polar surface area (TPSA) is 54.5 Å². The van der Waals surface area contributed by atoms with Crippen LogP contribution in [0, 0.1) is 0 Å². The van der Waals surface area contributed by atoms with Crippen LogP contribution in [-0.2, 0) is 0 Å². The van der Waals surface area contributed by atoms with Gasteiger partial charge in [0.15, 0.2) is 11.6 Å². The molecule has 2 aromatic rings. The molecule has 0 aliphatic carbocycles. The minimum absolute atomic E-state index is 0.212. The summed E-state index contributed by atoms with van der Waals surface area (Å²) in [7, 11) is 0. The average molecular weight is 334 g/mol. The van der Waals surface area contributed by atoms with Crippen LogP contribution in [0.4, 0.5) is 16.3 Å². The summed E-state index contributed by atoms with van der Waals surface area (Å²) in [6.45, 7) is 0.924. The van der Waals surface area contributed by atoms with Crippen LogP contribution in [0.15, 0.2) is 47.1 Å². The lowest BCUT2D eigenvalue weighted by molar-refractivity contribution is 0.249. The summed E-state index contributed by atoms with van der Waals surface area (Å²) in [5, 5.41) is 2.85. The zero-order valence-corrected chi connectivity index (χ0v) is 12.1. The van der Waals surface area contributed by atoms with Gasteiger partial charge in [-0.15, -0.1) is 0 Å². The van der Waals surface area contributed by atoms with E-state index in [9.17, 15) is 4.79 Å². The van der Waals surface area contributed by atoms with Crippen LogP contribution >= 0.6 is 15.9 Å². The molecule has 0 spiro atoms. The Morgan fingerprint density at radius 2 is 2.15 bits per heavy atom. The van der Waals surface area contributed by atoms with Gasteiger partial charge in [0, 0.05) is 16.4 Å². The van der Waals surface area contributed by atoms with Crippen LogP contribution in [0.1, 0.15) is 0 Å². The van der Waals surface area contributed by atoms with Gasteiger partial charge in [0.05, 0.1) is 6.54 Å². The lowest BCUT2D eigenvalue weighted by atomic mass is 10.3. The van der Waals surface area contributed by atoms with Crippen LogP contribution in [-0.4, -0.2) is 24.2 Å². The number of urea groups is 1. The fraction of sp³-hybridized carbons (Fsp3) is 0.143. The summed E-state index contributed by atoms with van der Waals surface area (Å²) < 4.78 is 6.34. The third kappa shape index (κ3) is 2.60. The van der Waals surface area contributed by atoms with Crippen LogP contribution in [0.5, 0.6) is 5.75 Å². The van der Waals surface area contributed by atoms with Gasteiger partial charge in [-0.2, -0.15) is 0 Å². The molecule has 6 heteroatoms. The van der Waals surface area contributed by atoms with Gasteiger partial charge in [-0.25, -0.2) is 9.78 Å². The smallest absolute Gasteiger partial charge is 0.327 e. The van der Waals surface area contributed by atoms with E-state index < -0.39 is 0 Å². The van der Waals surface area contributed by atoms with E-state index in [4.69, 9.17) is 4.74 Å². The van der Waals surface area contributed by atoms with Gasteiger partial charge in [0.1, 0.15) is 6.61 Å². The highest BCUT2D eigenvalue weighted by molar-refractivity contribution is 9.10. The molecule has 0 atom stereocenters. The molecule has 1 aliphatic rings. The number of halogens is 1. The maximum atomic E-state index is 12.3. The van der Waals surface area contributed by atoms with E-state index in [1.54, 1.807) is 11.1 Å². The molecule has 5 nitrogen and oxygen atoms in total. The highest BCUT2D eigenvalue weighted by Gasteiger charge is 2.25. The van der Waals surface area contributed by atoms with Crippen LogP contribution in [0.25, 0.3) is 0 Å². The second-order valence-corrected chi connectivity index (χ2v) is 5.19. The molecular formula is C14H12BrN3O2. The van der Waals surface area contributed by atoms with Crippen LogP contribution in [0.2, 0.25) is 0 Å². The number of fused-ring (bicyclic) bond motifs is 1.